The van der Waals surface area contributed by atoms with Crippen molar-refractivity contribution in [3.63, 3.8) is 0 Å². The third-order valence-corrected chi connectivity index (χ3v) is 5.08. The minimum absolute atomic E-state index is 0. The van der Waals surface area contributed by atoms with E-state index in [2.05, 4.69) is 10.4 Å². The van der Waals surface area contributed by atoms with Crippen molar-refractivity contribution < 1.29 is 19.1 Å². The summed E-state index contributed by atoms with van der Waals surface area (Å²) in [6.45, 7) is 7.03. The molecular formula is C20H40Cl2N6O4. The van der Waals surface area contributed by atoms with Crippen LogP contribution in [0.15, 0.2) is 5.10 Å². The molecule has 12 heteroatoms. The summed E-state index contributed by atoms with van der Waals surface area (Å²) in [5, 5.41) is 6.43. The standard InChI is InChI=1S/C20H38N6O4.2ClH/c1-3-5-10-26(11-8-19(28)30-4-2)20(29)17(21)12-18(27)23-13-16-7-6-9-25(14-16)15-24-22;;/h15-17H,3-14,21-22H2,1-2H3,(H,23,27);2*1H/t16-,17-;;/m0../s1. The first-order valence-electron chi connectivity index (χ1n) is 10.8. The number of halogens is 2. The third-order valence-electron chi connectivity index (χ3n) is 5.08. The molecule has 1 fully saturated rings. The number of nitrogens with two attached hydrogens (primary N) is 2. The maximum Gasteiger partial charge on any atom is 0.307 e. The molecule has 1 aliphatic heterocycles. The number of rotatable bonds is 13. The summed E-state index contributed by atoms with van der Waals surface area (Å²) in [6, 6.07) is -0.934. The van der Waals surface area contributed by atoms with Crippen LogP contribution in [0.4, 0.5) is 0 Å². The molecule has 188 valence electrons. The molecule has 0 aromatic rings. The number of carbonyl (C=O) groups excluding carboxylic acids is 3. The van der Waals surface area contributed by atoms with Crippen LogP contribution in [-0.2, 0) is 19.1 Å². The average molecular weight is 499 g/mol. The smallest absolute Gasteiger partial charge is 0.307 e. The number of hydrogen-bond acceptors (Lipinski definition) is 7. The van der Waals surface area contributed by atoms with Crippen LogP contribution in [0.1, 0.15) is 52.4 Å². The van der Waals surface area contributed by atoms with Crippen molar-refractivity contribution in [3.05, 3.63) is 0 Å². The molecule has 32 heavy (non-hydrogen) atoms. The molecule has 0 saturated carbocycles. The van der Waals surface area contributed by atoms with E-state index in [1.54, 1.807) is 18.2 Å². The first-order chi connectivity index (χ1) is 14.4. The molecule has 0 spiro atoms. The van der Waals surface area contributed by atoms with E-state index in [9.17, 15) is 14.4 Å². The molecular weight excluding hydrogens is 459 g/mol. The Morgan fingerprint density at radius 3 is 2.62 bits per heavy atom. The van der Waals surface area contributed by atoms with Gasteiger partial charge in [-0.05, 0) is 32.1 Å². The minimum atomic E-state index is -0.934. The Bertz CT molecular complexity index is 582. The molecule has 1 aliphatic rings. The predicted octanol–water partition coefficient (Wildman–Crippen LogP) is 0.860. The summed E-state index contributed by atoms with van der Waals surface area (Å²) in [5.41, 5.74) is 6.02. The maximum atomic E-state index is 12.7. The number of hydrazone groups is 1. The SMILES string of the molecule is CCCCN(CCC(=O)OCC)C(=O)[C@@H](N)CC(=O)NC[C@@H]1CCCN(C=NN)C1.Cl.Cl. The van der Waals surface area contributed by atoms with Crippen LogP contribution in [-0.4, -0.2) is 79.3 Å². The number of ether oxygens (including phenoxy) is 1. The van der Waals surface area contributed by atoms with E-state index in [0.717, 1.165) is 38.8 Å². The molecule has 10 nitrogen and oxygen atoms in total. The summed E-state index contributed by atoms with van der Waals surface area (Å²) in [7, 11) is 0. The quantitative estimate of drug-likeness (QED) is 0.112. The van der Waals surface area contributed by atoms with E-state index in [4.69, 9.17) is 16.3 Å². The topological polar surface area (TPSA) is 143 Å². The van der Waals surface area contributed by atoms with Gasteiger partial charge in [-0.1, -0.05) is 13.3 Å². The van der Waals surface area contributed by atoms with Crippen molar-refractivity contribution in [3.8, 4) is 0 Å². The molecule has 0 bridgehead atoms. The fourth-order valence-corrected chi connectivity index (χ4v) is 3.46. The minimum Gasteiger partial charge on any atom is -0.466 e. The largest absolute Gasteiger partial charge is 0.466 e. The lowest BCUT2D eigenvalue weighted by Gasteiger charge is -2.31. The Morgan fingerprint density at radius 2 is 2.00 bits per heavy atom. The first kappa shape index (κ1) is 32.4. The molecule has 2 atom stereocenters. The van der Waals surface area contributed by atoms with E-state index >= 15 is 0 Å². The molecule has 1 rings (SSSR count). The van der Waals surface area contributed by atoms with E-state index in [0.29, 0.717) is 25.6 Å². The Hall–Kier alpha value is -1.78. The van der Waals surface area contributed by atoms with E-state index in [1.165, 1.54) is 0 Å². The molecule has 5 N–H and O–H groups in total. The second-order valence-corrected chi connectivity index (χ2v) is 7.62. The number of likely N-dealkylation sites (tertiary alicyclic amines) is 1. The second kappa shape index (κ2) is 18.8. The van der Waals surface area contributed by atoms with Gasteiger partial charge in [-0.2, -0.15) is 5.10 Å². The normalized spacial score (nSPS) is 16.5. The van der Waals surface area contributed by atoms with Gasteiger partial charge in [0.1, 0.15) is 6.34 Å². The zero-order chi connectivity index (χ0) is 22.4. The highest BCUT2D eigenvalue weighted by molar-refractivity contribution is 5.88. The van der Waals surface area contributed by atoms with Crippen LogP contribution in [0.25, 0.3) is 0 Å². The van der Waals surface area contributed by atoms with Gasteiger partial charge < -0.3 is 31.4 Å². The van der Waals surface area contributed by atoms with Crippen molar-refractivity contribution in [1.82, 2.24) is 15.1 Å². The zero-order valence-corrected chi connectivity index (χ0v) is 20.8. The summed E-state index contributed by atoms with van der Waals surface area (Å²) in [6.07, 6.45) is 5.39. The highest BCUT2D eigenvalue weighted by atomic mass is 35.5. The summed E-state index contributed by atoms with van der Waals surface area (Å²) >= 11 is 0. The number of amides is 2. The van der Waals surface area contributed by atoms with Gasteiger partial charge in [-0.15, -0.1) is 24.8 Å². The monoisotopic (exact) mass is 498 g/mol. The van der Waals surface area contributed by atoms with Crippen LogP contribution in [0.2, 0.25) is 0 Å². The van der Waals surface area contributed by atoms with Gasteiger partial charge in [0.2, 0.25) is 11.8 Å². The van der Waals surface area contributed by atoms with Crippen molar-refractivity contribution in [2.75, 3.05) is 39.3 Å². The zero-order valence-electron chi connectivity index (χ0n) is 19.2. The Balaban J connectivity index is 0. The van der Waals surface area contributed by atoms with Gasteiger partial charge in [-0.3, -0.25) is 14.4 Å². The number of unbranched alkanes of at least 4 members (excludes halogenated alkanes) is 1. The summed E-state index contributed by atoms with van der Waals surface area (Å²) < 4.78 is 4.92. The van der Waals surface area contributed by atoms with E-state index < -0.39 is 6.04 Å². The van der Waals surface area contributed by atoms with Crippen LogP contribution in [0.5, 0.6) is 0 Å². The summed E-state index contributed by atoms with van der Waals surface area (Å²) in [4.78, 5) is 40.2. The lowest BCUT2D eigenvalue weighted by atomic mass is 9.98. The van der Waals surface area contributed by atoms with Crippen LogP contribution in [0.3, 0.4) is 0 Å². The van der Waals surface area contributed by atoms with Crippen molar-refractivity contribution in [2.45, 2.75) is 58.4 Å². The van der Waals surface area contributed by atoms with Crippen LogP contribution in [0, 0.1) is 5.92 Å². The van der Waals surface area contributed by atoms with Gasteiger partial charge in [0.15, 0.2) is 0 Å². The molecule has 0 aliphatic carbocycles. The molecule has 0 radical (unpaired) electrons. The first-order valence-corrected chi connectivity index (χ1v) is 10.8. The number of piperidine rings is 1. The van der Waals surface area contributed by atoms with Crippen molar-refractivity contribution >= 4 is 48.9 Å². The average Bonchev–Trinajstić information content (AvgIpc) is 2.72. The predicted molar refractivity (Wildman–Crippen MR) is 130 cm³/mol. The van der Waals surface area contributed by atoms with Gasteiger partial charge in [0.05, 0.1) is 25.5 Å². The number of hydrogen-bond donors (Lipinski definition) is 3. The fraction of sp³-hybridized carbons (Fsp3) is 0.800. The lowest BCUT2D eigenvalue weighted by molar-refractivity contribution is -0.144. The molecule has 1 saturated heterocycles. The van der Waals surface area contributed by atoms with E-state index in [-0.39, 0.29) is 62.0 Å². The molecule has 2 amide bonds. The Labute approximate surface area is 203 Å². The van der Waals surface area contributed by atoms with Crippen molar-refractivity contribution in [2.24, 2.45) is 22.6 Å². The third kappa shape index (κ3) is 12.9. The molecule has 0 aromatic heterocycles. The highest BCUT2D eigenvalue weighted by Crippen LogP contribution is 2.14. The number of nitrogens with zero attached hydrogens (tertiary/aromatic N) is 3. The fourth-order valence-electron chi connectivity index (χ4n) is 3.46. The molecule has 0 unspecified atom stereocenters. The molecule has 0 aromatic carbocycles. The van der Waals surface area contributed by atoms with Gasteiger partial charge in [-0.25, -0.2) is 0 Å². The molecule has 1 heterocycles. The Morgan fingerprint density at radius 1 is 1.28 bits per heavy atom. The van der Waals surface area contributed by atoms with Gasteiger partial charge in [0, 0.05) is 32.7 Å². The number of carbonyl (C=O) groups is 3. The highest BCUT2D eigenvalue weighted by Gasteiger charge is 2.25. The van der Waals surface area contributed by atoms with E-state index in [1.807, 2.05) is 11.8 Å². The van der Waals surface area contributed by atoms with Gasteiger partial charge in [0.25, 0.3) is 0 Å². The number of esters is 1. The van der Waals surface area contributed by atoms with Crippen LogP contribution < -0.4 is 16.9 Å². The second-order valence-electron chi connectivity index (χ2n) is 7.62. The van der Waals surface area contributed by atoms with Gasteiger partial charge >= 0.3 is 5.97 Å². The lowest BCUT2D eigenvalue weighted by Crippen LogP contribution is -2.48. The maximum absolute atomic E-state index is 12.7. The Kier molecular flexibility index (Phi) is 19.0. The van der Waals surface area contributed by atoms with Crippen molar-refractivity contribution in [1.29, 1.82) is 0 Å². The number of nitrogens with one attached hydrogen (secondary N) is 1. The summed E-state index contributed by atoms with van der Waals surface area (Å²) in [5.74, 6) is 4.59. The van der Waals surface area contributed by atoms with Crippen LogP contribution >= 0.6 is 24.8 Å².